The van der Waals surface area contributed by atoms with Gasteiger partial charge in [0.15, 0.2) is 0 Å². The van der Waals surface area contributed by atoms with Crippen molar-refractivity contribution in [2.75, 3.05) is 0 Å². The molecule has 0 atom stereocenters. The molecule has 0 aliphatic heterocycles. The van der Waals surface area contributed by atoms with Gasteiger partial charge in [-0.05, 0) is 56.4 Å². The maximum absolute atomic E-state index is 11.3. The molecule has 0 bridgehead atoms. The van der Waals surface area contributed by atoms with Crippen LogP contribution in [-0.4, -0.2) is 26.3 Å². The summed E-state index contributed by atoms with van der Waals surface area (Å²) in [5, 5.41) is 25.4. The Morgan fingerprint density at radius 2 is 1.76 bits per heavy atom. The molecule has 0 saturated heterocycles. The van der Waals surface area contributed by atoms with Crippen LogP contribution in [0.5, 0.6) is 0 Å². The maximum atomic E-state index is 11.3. The van der Waals surface area contributed by atoms with E-state index in [-0.39, 0.29) is 12.5 Å². The molecule has 1 fully saturated rings. The number of aromatic nitrogens is 2. The second kappa shape index (κ2) is 7.93. The highest BCUT2D eigenvalue weighted by Crippen LogP contribution is 2.40. The molecule has 0 radical (unpaired) electrons. The van der Waals surface area contributed by atoms with E-state index in [1.54, 1.807) is 0 Å². The Morgan fingerprint density at radius 3 is 2.34 bits per heavy atom. The number of benzene rings is 2. The van der Waals surface area contributed by atoms with Crippen LogP contribution in [0, 0.1) is 12.8 Å². The van der Waals surface area contributed by atoms with E-state index in [1.807, 2.05) is 41.9 Å². The van der Waals surface area contributed by atoms with Crippen LogP contribution < -0.4 is 0 Å². The predicted octanol–water partition coefficient (Wildman–Crippen LogP) is 3.92. The van der Waals surface area contributed by atoms with Crippen molar-refractivity contribution >= 4 is 6.29 Å². The third-order valence-corrected chi connectivity index (χ3v) is 5.95. The molecule has 150 valence electrons. The van der Waals surface area contributed by atoms with Gasteiger partial charge >= 0.3 is 0 Å². The van der Waals surface area contributed by atoms with Crippen LogP contribution in [0.4, 0.5) is 0 Å². The number of carbonyl (C=O) groups is 1. The van der Waals surface area contributed by atoms with Crippen molar-refractivity contribution in [1.29, 1.82) is 0 Å². The number of nitrogens with zero attached hydrogens (tertiary/aromatic N) is 2. The molecule has 2 aromatic carbocycles. The van der Waals surface area contributed by atoms with Crippen molar-refractivity contribution in [2.45, 2.75) is 44.8 Å². The summed E-state index contributed by atoms with van der Waals surface area (Å²) in [4.78, 5) is 11.1. The molecule has 1 aromatic heterocycles. The molecule has 1 heterocycles. The number of carbonyl (C=O) groups excluding carboxylic acids is 1. The lowest BCUT2D eigenvalue weighted by Crippen LogP contribution is -2.32. The highest BCUT2D eigenvalue weighted by molar-refractivity contribution is 5.63. The van der Waals surface area contributed by atoms with Gasteiger partial charge in [0.05, 0.1) is 23.7 Å². The van der Waals surface area contributed by atoms with Gasteiger partial charge in [0.1, 0.15) is 11.9 Å². The largest absolute Gasteiger partial charge is 0.392 e. The van der Waals surface area contributed by atoms with Crippen LogP contribution in [0.3, 0.4) is 0 Å². The highest BCUT2D eigenvalue weighted by atomic mass is 16.3. The molecule has 4 rings (SSSR count). The Balaban J connectivity index is 1.78. The zero-order valence-electron chi connectivity index (χ0n) is 16.6. The standard InChI is InChI=1S/C24H26N2O3/c1-17-2-6-20(7-3-17)22-14-23(24(29)12-10-19(16-28)11-13-24)25-26(22)21-8-4-18(15-27)5-9-21/h2-9,14,16,19,27,29H,10-13,15H2,1H3. The predicted molar refractivity (Wildman–Crippen MR) is 112 cm³/mol. The van der Waals surface area contributed by atoms with Gasteiger partial charge in [-0.25, -0.2) is 4.68 Å². The SMILES string of the molecule is Cc1ccc(-c2cc(C3(O)CCC(C=O)CC3)nn2-c2ccc(CO)cc2)cc1. The summed E-state index contributed by atoms with van der Waals surface area (Å²) in [6, 6.07) is 17.8. The van der Waals surface area contributed by atoms with Gasteiger partial charge < -0.3 is 15.0 Å². The van der Waals surface area contributed by atoms with Gasteiger partial charge in [-0.2, -0.15) is 5.10 Å². The average Bonchev–Trinajstić information content (AvgIpc) is 3.21. The average molecular weight is 390 g/mol. The zero-order valence-corrected chi connectivity index (χ0v) is 16.6. The van der Waals surface area contributed by atoms with Crippen molar-refractivity contribution < 1.29 is 15.0 Å². The molecule has 5 heteroatoms. The van der Waals surface area contributed by atoms with Crippen LogP contribution >= 0.6 is 0 Å². The normalized spacial score (nSPS) is 21.8. The minimum atomic E-state index is -1.02. The number of hydrogen-bond acceptors (Lipinski definition) is 4. The van der Waals surface area contributed by atoms with Crippen molar-refractivity contribution in [2.24, 2.45) is 5.92 Å². The smallest absolute Gasteiger partial charge is 0.123 e. The summed E-state index contributed by atoms with van der Waals surface area (Å²) in [6.45, 7) is 2.04. The number of aryl methyl sites for hydroxylation is 1. The quantitative estimate of drug-likeness (QED) is 0.648. The first-order chi connectivity index (χ1) is 14.0. The third kappa shape index (κ3) is 3.88. The van der Waals surface area contributed by atoms with Crippen LogP contribution in [0.15, 0.2) is 54.6 Å². The Hall–Kier alpha value is -2.76. The van der Waals surface area contributed by atoms with E-state index < -0.39 is 5.60 Å². The first-order valence-corrected chi connectivity index (χ1v) is 10.1. The third-order valence-electron chi connectivity index (χ3n) is 5.95. The van der Waals surface area contributed by atoms with E-state index in [0.717, 1.165) is 28.8 Å². The van der Waals surface area contributed by atoms with E-state index >= 15 is 0 Å². The van der Waals surface area contributed by atoms with Gasteiger partial charge in [0.2, 0.25) is 0 Å². The molecular formula is C24H26N2O3. The summed E-state index contributed by atoms with van der Waals surface area (Å²) < 4.78 is 1.85. The van der Waals surface area contributed by atoms with E-state index in [1.165, 1.54) is 5.56 Å². The molecule has 3 aromatic rings. The van der Waals surface area contributed by atoms with Gasteiger partial charge in [-0.3, -0.25) is 0 Å². The Labute approximate surface area is 170 Å². The number of aldehydes is 1. The zero-order chi connectivity index (χ0) is 20.4. The molecule has 1 aliphatic rings. The van der Waals surface area contributed by atoms with E-state index in [2.05, 4.69) is 24.3 Å². The lowest BCUT2D eigenvalue weighted by Gasteiger charge is -2.32. The maximum Gasteiger partial charge on any atom is 0.123 e. The monoisotopic (exact) mass is 390 g/mol. The lowest BCUT2D eigenvalue weighted by molar-refractivity contribution is -0.114. The lowest BCUT2D eigenvalue weighted by atomic mass is 9.77. The Bertz CT molecular complexity index is 982. The van der Waals surface area contributed by atoms with Crippen LogP contribution in [0.1, 0.15) is 42.5 Å². The van der Waals surface area contributed by atoms with Crippen molar-refractivity contribution in [3.8, 4) is 16.9 Å². The van der Waals surface area contributed by atoms with E-state index in [0.29, 0.717) is 31.4 Å². The summed E-state index contributed by atoms with van der Waals surface area (Å²) in [5.41, 5.74) is 4.43. The van der Waals surface area contributed by atoms with Crippen molar-refractivity contribution in [1.82, 2.24) is 9.78 Å². The molecule has 1 aliphatic carbocycles. The van der Waals surface area contributed by atoms with Gasteiger partial charge in [0, 0.05) is 11.5 Å². The van der Waals surface area contributed by atoms with Gasteiger partial charge in [-0.1, -0.05) is 42.0 Å². The minimum absolute atomic E-state index is 0.00684. The Morgan fingerprint density at radius 1 is 1.10 bits per heavy atom. The number of aliphatic hydroxyl groups is 2. The molecular weight excluding hydrogens is 364 g/mol. The molecule has 29 heavy (non-hydrogen) atoms. The van der Waals surface area contributed by atoms with Crippen molar-refractivity contribution in [3.05, 3.63) is 71.4 Å². The molecule has 0 unspecified atom stereocenters. The molecule has 2 N–H and O–H groups in total. The number of aliphatic hydroxyl groups excluding tert-OH is 1. The fourth-order valence-electron chi connectivity index (χ4n) is 3.99. The fraction of sp³-hybridized carbons (Fsp3) is 0.333. The summed E-state index contributed by atoms with van der Waals surface area (Å²) in [7, 11) is 0. The second-order valence-electron chi connectivity index (χ2n) is 8.02. The number of hydrogen-bond donors (Lipinski definition) is 2. The summed E-state index contributed by atoms with van der Waals surface area (Å²) in [5.74, 6) is 0.0277. The first kappa shape index (κ1) is 19.6. The molecule has 0 spiro atoms. The van der Waals surface area contributed by atoms with Gasteiger partial charge in [0.25, 0.3) is 0 Å². The van der Waals surface area contributed by atoms with Crippen LogP contribution in [-0.2, 0) is 17.0 Å². The summed E-state index contributed by atoms with van der Waals surface area (Å²) in [6.07, 6.45) is 3.42. The van der Waals surface area contributed by atoms with Gasteiger partial charge in [-0.15, -0.1) is 0 Å². The summed E-state index contributed by atoms with van der Waals surface area (Å²) >= 11 is 0. The van der Waals surface area contributed by atoms with E-state index in [4.69, 9.17) is 5.10 Å². The molecule has 1 saturated carbocycles. The van der Waals surface area contributed by atoms with Crippen molar-refractivity contribution in [3.63, 3.8) is 0 Å². The second-order valence-corrected chi connectivity index (χ2v) is 8.02. The van der Waals surface area contributed by atoms with Crippen LogP contribution in [0.2, 0.25) is 0 Å². The minimum Gasteiger partial charge on any atom is -0.392 e. The van der Waals surface area contributed by atoms with E-state index in [9.17, 15) is 15.0 Å². The molecule has 5 nitrogen and oxygen atoms in total. The Kier molecular flexibility index (Phi) is 5.35. The first-order valence-electron chi connectivity index (χ1n) is 10.1. The van der Waals surface area contributed by atoms with Crippen LogP contribution in [0.25, 0.3) is 16.9 Å². The highest BCUT2D eigenvalue weighted by Gasteiger charge is 2.37. The number of rotatable bonds is 5. The molecule has 0 amide bonds. The topological polar surface area (TPSA) is 75.3 Å². The fourth-order valence-corrected chi connectivity index (χ4v) is 3.99.